The molecule has 27 heavy (non-hydrogen) atoms. The van der Waals surface area contributed by atoms with Crippen molar-refractivity contribution in [2.24, 2.45) is 5.92 Å². The fourth-order valence-corrected chi connectivity index (χ4v) is 2.97. The maximum absolute atomic E-state index is 12.7. The monoisotopic (exact) mass is 371 g/mol. The third-order valence-electron chi connectivity index (χ3n) is 4.48. The topological polar surface area (TPSA) is 48.0 Å². The van der Waals surface area contributed by atoms with Gasteiger partial charge in [-0.05, 0) is 30.2 Å². The van der Waals surface area contributed by atoms with Crippen LogP contribution in [0.4, 0.5) is 0 Å². The van der Waals surface area contributed by atoms with Crippen LogP contribution < -0.4 is 14.2 Å². The van der Waals surface area contributed by atoms with Gasteiger partial charge in [0, 0.05) is 24.6 Å². The molecule has 0 saturated heterocycles. The maximum Gasteiger partial charge on any atom is 0.225 e. The van der Waals surface area contributed by atoms with E-state index in [1.807, 2.05) is 61.2 Å². The molecular weight excluding hydrogens is 342 g/mol. The van der Waals surface area contributed by atoms with E-state index in [1.165, 1.54) is 0 Å². The highest BCUT2D eigenvalue weighted by Gasteiger charge is 2.19. The molecule has 0 unspecified atom stereocenters. The van der Waals surface area contributed by atoms with Crippen LogP contribution in [0.2, 0.25) is 0 Å². The zero-order chi connectivity index (χ0) is 19.8. The molecule has 0 fully saturated rings. The molecule has 5 nitrogen and oxygen atoms in total. The van der Waals surface area contributed by atoms with Crippen molar-refractivity contribution in [2.45, 2.75) is 26.8 Å². The minimum atomic E-state index is -0.0647. The molecule has 146 valence electrons. The molecule has 2 rings (SSSR count). The summed E-state index contributed by atoms with van der Waals surface area (Å²) in [6, 6.07) is 13.7. The lowest BCUT2D eigenvalue weighted by Gasteiger charge is -2.25. The first-order valence-electron chi connectivity index (χ1n) is 9.11. The highest BCUT2D eigenvalue weighted by atomic mass is 16.5. The molecule has 2 aromatic rings. The molecule has 5 heteroatoms. The largest absolute Gasteiger partial charge is 0.496 e. The Labute approximate surface area is 161 Å². The van der Waals surface area contributed by atoms with Crippen LogP contribution in [0.25, 0.3) is 0 Å². The molecular formula is C22H29NO4. The number of carbonyl (C=O) groups excluding carboxylic acids is 1. The molecule has 1 amide bonds. The van der Waals surface area contributed by atoms with Gasteiger partial charge in [0.15, 0.2) is 11.5 Å². The van der Waals surface area contributed by atoms with Crippen LogP contribution in [0.5, 0.6) is 17.2 Å². The predicted molar refractivity (Wildman–Crippen MR) is 106 cm³/mol. The summed E-state index contributed by atoms with van der Waals surface area (Å²) >= 11 is 0. The van der Waals surface area contributed by atoms with Crippen molar-refractivity contribution in [3.8, 4) is 17.2 Å². The quantitative estimate of drug-likeness (QED) is 0.670. The number of nitrogens with zero attached hydrogens (tertiary/aromatic N) is 1. The zero-order valence-corrected chi connectivity index (χ0v) is 16.8. The van der Waals surface area contributed by atoms with Gasteiger partial charge >= 0.3 is 0 Å². The molecule has 0 aliphatic heterocycles. The lowest BCUT2D eigenvalue weighted by molar-refractivity contribution is -0.135. The summed E-state index contributed by atoms with van der Waals surface area (Å²) in [5, 5.41) is 0. The highest BCUT2D eigenvalue weighted by molar-refractivity contribution is 5.78. The SMILES string of the molecule is COc1ccccc1CN(CCc1ccc(OC)c(OC)c1)C(=O)C(C)C. The Hall–Kier alpha value is -2.69. The van der Waals surface area contributed by atoms with Crippen LogP contribution in [-0.4, -0.2) is 38.7 Å². The van der Waals surface area contributed by atoms with Gasteiger partial charge in [-0.15, -0.1) is 0 Å². The summed E-state index contributed by atoms with van der Waals surface area (Å²) in [7, 11) is 4.89. The van der Waals surface area contributed by atoms with E-state index in [1.54, 1.807) is 21.3 Å². The number of ether oxygens (including phenoxy) is 3. The number of methoxy groups -OCH3 is 3. The molecule has 0 saturated carbocycles. The Morgan fingerprint density at radius 3 is 2.22 bits per heavy atom. The first kappa shape index (κ1) is 20.6. The summed E-state index contributed by atoms with van der Waals surface area (Å²) < 4.78 is 16.1. The number of benzene rings is 2. The average Bonchev–Trinajstić information content (AvgIpc) is 2.70. The number of rotatable bonds is 9. The van der Waals surface area contributed by atoms with E-state index in [-0.39, 0.29) is 11.8 Å². The third kappa shape index (κ3) is 5.39. The fourth-order valence-electron chi connectivity index (χ4n) is 2.97. The van der Waals surface area contributed by atoms with Crippen molar-refractivity contribution < 1.29 is 19.0 Å². The first-order chi connectivity index (χ1) is 13.0. The Morgan fingerprint density at radius 1 is 0.926 bits per heavy atom. The highest BCUT2D eigenvalue weighted by Crippen LogP contribution is 2.28. The Balaban J connectivity index is 2.17. The smallest absolute Gasteiger partial charge is 0.225 e. The van der Waals surface area contributed by atoms with E-state index in [4.69, 9.17) is 14.2 Å². The molecule has 0 atom stereocenters. The molecule has 0 aliphatic carbocycles. The molecule has 0 heterocycles. The van der Waals surface area contributed by atoms with E-state index < -0.39 is 0 Å². The lowest BCUT2D eigenvalue weighted by Crippen LogP contribution is -2.35. The molecule has 0 bridgehead atoms. The summed E-state index contributed by atoms with van der Waals surface area (Å²) in [5.74, 6) is 2.25. The van der Waals surface area contributed by atoms with Crippen LogP contribution >= 0.6 is 0 Å². The number of hydrogen-bond acceptors (Lipinski definition) is 4. The predicted octanol–water partition coefficient (Wildman–Crippen LogP) is 3.94. The van der Waals surface area contributed by atoms with E-state index in [2.05, 4.69) is 0 Å². The van der Waals surface area contributed by atoms with Gasteiger partial charge in [-0.25, -0.2) is 0 Å². The molecule has 0 aliphatic rings. The Kier molecular flexibility index (Phi) is 7.53. The molecule has 0 radical (unpaired) electrons. The standard InChI is InChI=1S/C22H29NO4/c1-16(2)22(24)23(15-18-8-6-7-9-19(18)25-3)13-12-17-10-11-20(26-4)21(14-17)27-5/h6-11,14,16H,12-13,15H2,1-5H3. The number of hydrogen-bond donors (Lipinski definition) is 0. The molecule has 0 N–H and O–H groups in total. The van der Waals surface area contributed by atoms with Gasteiger partial charge in [0.2, 0.25) is 5.91 Å². The number of carbonyl (C=O) groups is 1. The maximum atomic E-state index is 12.7. The van der Waals surface area contributed by atoms with Crippen LogP contribution in [-0.2, 0) is 17.8 Å². The van der Waals surface area contributed by atoms with E-state index in [0.717, 1.165) is 23.3 Å². The van der Waals surface area contributed by atoms with E-state index in [9.17, 15) is 4.79 Å². The number of para-hydroxylation sites is 1. The van der Waals surface area contributed by atoms with E-state index in [0.29, 0.717) is 24.6 Å². The van der Waals surface area contributed by atoms with Gasteiger partial charge in [-0.2, -0.15) is 0 Å². The van der Waals surface area contributed by atoms with Crippen LogP contribution in [0.15, 0.2) is 42.5 Å². The van der Waals surface area contributed by atoms with Gasteiger partial charge in [-0.1, -0.05) is 38.1 Å². The van der Waals surface area contributed by atoms with Gasteiger partial charge in [-0.3, -0.25) is 4.79 Å². The van der Waals surface area contributed by atoms with Crippen molar-refractivity contribution in [3.63, 3.8) is 0 Å². The minimum absolute atomic E-state index is 0.0647. The Bertz CT molecular complexity index is 758. The van der Waals surface area contributed by atoms with Crippen molar-refractivity contribution in [2.75, 3.05) is 27.9 Å². The summed E-state index contributed by atoms with van der Waals surface area (Å²) in [4.78, 5) is 14.6. The zero-order valence-electron chi connectivity index (χ0n) is 16.8. The Morgan fingerprint density at radius 2 is 1.59 bits per heavy atom. The van der Waals surface area contributed by atoms with Gasteiger partial charge in [0.05, 0.1) is 21.3 Å². The van der Waals surface area contributed by atoms with Gasteiger partial charge in [0.25, 0.3) is 0 Å². The molecule has 0 aromatic heterocycles. The molecule has 2 aromatic carbocycles. The third-order valence-corrected chi connectivity index (χ3v) is 4.48. The fraction of sp³-hybridized carbons (Fsp3) is 0.409. The average molecular weight is 371 g/mol. The van der Waals surface area contributed by atoms with Gasteiger partial charge < -0.3 is 19.1 Å². The molecule has 0 spiro atoms. The lowest BCUT2D eigenvalue weighted by atomic mass is 10.1. The van der Waals surface area contributed by atoms with Crippen LogP contribution in [0.1, 0.15) is 25.0 Å². The van der Waals surface area contributed by atoms with Crippen LogP contribution in [0, 0.1) is 5.92 Å². The number of amides is 1. The summed E-state index contributed by atoms with van der Waals surface area (Å²) in [6.07, 6.45) is 0.730. The van der Waals surface area contributed by atoms with Crippen molar-refractivity contribution in [1.29, 1.82) is 0 Å². The minimum Gasteiger partial charge on any atom is -0.496 e. The normalized spacial score (nSPS) is 10.6. The van der Waals surface area contributed by atoms with Crippen molar-refractivity contribution >= 4 is 5.91 Å². The summed E-state index contributed by atoms with van der Waals surface area (Å²) in [6.45, 7) is 4.99. The van der Waals surface area contributed by atoms with Crippen LogP contribution in [0.3, 0.4) is 0 Å². The summed E-state index contributed by atoms with van der Waals surface area (Å²) in [5.41, 5.74) is 2.09. The van der Waals surface area contributed by atoms with Gasteiger partial charge in [0.1, 0.15) is 5.75 Å². The van der Waals surface area contributed by atoms with Crippen molar-refractivity contribution in [1.82, 2.24) is 4.90 Å². The second kappa shape index (κ2) is 9.86. The van der Waals surface area contributed by atoms with E-state index >= 15 is 0 Å². The second-order valence-corrected chi connectivity index (χ2v) is 6.67. The van der Waals surface area contributed by atoms with Crippen molar-refractivity contribution in [3.05, 3.63) is 53.6 Å². The first-order valence-corrected chi connectivity index (χ1v) is 9.11. The second-order valence-electron chi connectivity index (χ2n) is 6.67.